The summed E-state index contributed by atoms with van der Waals surface area (Å²) in [6.45, 7) is 5.70. The van der Waals surface area contributed by atoms with Crippen LogP contribution in [0.2, 0.25) is 0 Å². The summed E-state index contributed by atoms with van der Waals surface area (Å²) < 4.78 is 27.1. The van der Waals surface area contributed by atoms with Gasteiger partial charge >= 0.3 is 0 Å². The number of amides is 1. The topological polar surface area (TPSA) is 95.7 Å². The first-order chi connectivity index (χ1) is 11.8. The standard InChI is InChI=1S/C17H26N4O3S/c1-14-2-4-15(5-3-14)25(23,24)19-8-9-20-10-12-21(13-11-20)16(22)17(18)6-7-17/h2-5,19H,6-13,18H2,1H3. The summed E-state index contributed by atoms with van der Waals surface area (Å²) in [5.74, 6) is 0.0622. The summed E-state index contributed by atoms with van der Waals surface area (Å²) in [4.78, 5) is 16.5. The minimum absolute atomic E-state index is 0.0622. The molecule has 1 aliphatic heterocycles. The number of piperazine rings is 1. The smallest absolute Gasteiger partial charge is 0.242 e. The Balaban J connectivity index is 1.42. The molecule has 2 fully saturated rings. The fourth-order valence-corrected chi connectivity index (χ4v) is 4.00. The molecule has 1 saturated carbocycles. The Morgan fingerprint density at radius 1 is 1.16 bits per heavy atom. The maximum Gasteiger partial charge on any atom is 0.242 e. The predicted octanol–water partition coefficient (Wildman–Crippen LogP) is -0.0912. The summed E-state index contributed by atoms with van der Waals surface area (Å²) in [6, 6.07) is 6.80. The SMILES string of the molecule is Cc1ccc(S(=O)(=O)NCCN2CCN(C(=O)C3(N)CC3)CC2)cc1. The Hall–Kier alpha value is -1.48. The summed E-state index contributed by atoms with van der Waals surface area (Å²) >= 11 is 0. The number of hydrogen-bond donors (Lipinski definition) is 2. The lowest BCUT2D eigenvalue weighted by Crippen LogP contribution is -2.54. The van der Waals surface area contributed by atoms with Gasteiger partial charge in [-0.25, -0.2) is 13.1 Å². The molecule has 2 aliphatic rings. The van der Waals surface area contributed by atoms with Gasteiger partial charge in [0, 0.05) is 39.3 Å². The molecule has 1 saturated heterocycles. The molecule has 0 atom stereocenters. The number of carbonyl (C=O) groups excluding carboxylic acids is 1. The van der Waals surface area contributed by atoms with E-state index in [1.54, 1.807) is 24.3 Å². The highest BCUT2D eigenvalue weighted by atomic mass is 32.2. The number of rotatable bonds is 6. The molecule has 3 rings (SSSR count). The molecule has 0 bridgehead atoms. The number of aryl methyl sites for hydroxylation is 1. The van der Waals surface area contributed by atoms with Gasteiger partial charge in [0.1, 0.15) is 0 Å². The molecule has 1 aromatic carbocycles. The van der Waals surface area contributed by atoms with Gasteiger partial charge in [0.05, 0.1) is 10.4 Å². The van der Waals surface area contributed by atoms with Crippen LogP contribution >= 0.6 is 0 Å². The molecule has 0 radical (unpaired) electrons. The highest BCUT2D eigenvalue weighted by Crippen LogP contribution is 2.34. The van der Waals surface area contributed by atoms with Gasteiger partial charge in [0.15, 0.2) is 0 Å². The molecule has 25 heavy (non-hydrogen) atoms. The van der Waals surface area contributed by atoms with Crippen molar-refractivity contribution in [3.05, 3.63) is 29.8 Å². The van der Waals surface area contributed by atoms with E-state index in [2.05, 4.69) is 9.62 Å². The summed E-state index contributed by atoms with van der Waals surface area (Å²) in [5, 5.41) is 0. The molecule has 1 heterocycles. The number of benzene rings is 1. The maximum atomic E-state index is 12.2. The van der Waals surface area contributed by atoms with Crippen LogP contribution in [-0.4, -0.2) is 68.9 Å². The third-order valence-corrected chi connectivity index (χ3v) is 6.40. The van der Waals surface area contributed by atoms with Crippen molar-refractivity contribution in [2.45, 2.75) is 30.2 Å². The maximum absolute atomic E-state index is 12.2. The zero-order valence-electron chi connectivity index (χ0n) is 14.6. The first-order valence-corrected chi connectivity index (χ1v) is 10.2. The van der Waals surface area contributed by atoms with Crippen LogP contribution in [0.4, 0.5) is 0 Å². The number of carbonyl (C=O) groups is 1. The molecular weight excluding hydrogens is 340 g/mol. The first-order valence-electron chi connectivity index (χ1n) is 8.67. The van der Waals surface area contributed by atoms with Crippen LogP contribution in [0.1, 0.15) is 18.4 Å². The highest BCUT2D eigenvalue weighted by Gasteiger charge is 2.48. The van der Waals surface area contributed by atoms with Crippen molar-refractivity contribution < 1.29 is 13.2 Å². The lowest BCUT2D eigenvalue weighted by Gasteiger charge is -2.36. The average Bonchev–Trinajstić information content (AvgIpc) is 3.34. The van der Waals surface area contributed by atoms with Gasteiger partial charge in [-0.3, -0.25) is 9.69 Å². The lowest BCUT2D eigenvalue weighted by atomic mass is 10.2. The minimum Gasteiger partial charge on any atom is -0.339 e. The van der Waals surface area contributed by atoms with Crippen molar-refractivity contribution in [2.24, 2.45) is 5.73 Å². The van der Waals surface area contributed by atoms with E-state index in [-0.39, 0.29) is 10.8 Å². The molecule has 1 amide bonds. The van der Waals surface area contributed by atoms with Crippen LogP contribution in [-0.2, 0) is 14.8 Å². The zero-order valence-corrected chi connectivity index (χ0v) is 15.4. The molecule has 7 nitrogen and oxygen atoms in total. The van der Waals surface area contributed by atoms with Crippen LogP contribution in [0.25, 0.3) is 0 Å². The molecule has 138 valence electrons. The number of nitrogens with zero attached hydrogens (tertiary/aromatic N) is 2. The van der Waals surface area contributed by atoms with Crippen LogP contribution < -0.4 is 10.5 Å². The number of nitrogens with one attached hydrogen (secondary N) is 1. The molecule has 0 aromatic heterocycles. The molecule has 1 aliphatic carbocycles. The van der Waals surface area contributed by atoms with Crippen LogP contribution in [0.3, 0.4) is 0 Å². The molecule has 0 unspecified atom stereocenters. The fraction of sp³-hybridized carbons (Fsp3) is 0.588. The van der Waals surface area contributed by atoms with Crippen LogP contribution in [0.5, 0.6) is 0 Å². The first kappa shape index (κ1) is 18.3. The third-order valence-electron chi connectivity index (χ3n) is 4.93. The van der Waals surface area contributed by atoms with Crippen molar-refractivity contribution >= 4 is 15.9 Å². The van der Waals surface area contributed by atoms with Crippen LogP contribution in [0.15, 0.2) is 29.2 Å². The Morgan fingerprint density at radius 3 is 2.32 bits per heavy atom. The molecule has 8 heteroatoms. The van der Waals surface area contributed by atoms with Gasteiger partial charge in [-0.15, -0.1) is 0 Å². The highest BCUT2D eigenvalue weighted by molar-refractivity contribution is 7.89. The third kappa shape index (κ3) is 4.38. The van der Waals surface area contributed by atoms with Crippen molar-refractivity contribution in [1.82, 2.24) is 14.5 Å². The van der Waals surface area contributed by atoms with Gasteiger partial charge in [-0.05, 0) is 31.9 Å². The largest absolute Gasteiger partial charge is 0.339 e. The van der Waals surface area contributed by atoms with Crippen molar-refractivity contribution in [3.63, 3.8) is 0 Å². The minimum atomic E-state index is -3.47. The summed E-state index contributed by atoms with van der Waals surface area (Å²) in [6.07, 6.45) is 1.57. The molecular formula is C17H26N4O3S. The van der Waals surface area contributed by atoms with Crippen molar-refractivity contribution in [3.8, 4) is 0 Å². The summed E-state index contributed by atoms with van der Waals surface area (Å²) in [5.41, 5.74) is 6.39. The second-order valence-electron chi connectivity index (χ2n) is 7.00. The normalized spacial score (nSPS) is 20.5. The van der Waals surface area contributed by atoms with E-state index in [0.29, 0.717) is 26.2 Å². The van der Waals surface area contributed by atoms with Crippen molar-refractivity contribution in [2.75, 3.05) is 39.3 Å². The zero-order chi connectivity index (χ0) is 18.1. The number of sulfonamides is 1. The van der Waals surface area contributed by atoms with Gasteiger partial charge in [0.2, 0.25) is 15.9 Å². The summed E-state index contributed by atoms with van der Waals surface area (Å²) in [7, 11) is -3.47. The van der Waals surface area contributed by atoms with Gasteiger partial charge in [-0.1, -0.05) is 17.7 Å². The van der Waals surface area contributed by atoms with E-state index >= 15 is 0 Å². The number of hydrogen-bond acceptors (Lipinski definition) is 5. The predicted molar refractivity (Wildman–Crippen MR) is 95.5 cm³/mol. The molecule has 0 spiro atoms. The Kier molecular flexibility index (Phi) is 5.15. The second kappa shape index (κ2) is 7.03. The van der Waals surface area contributed by atoms with E-state index in [0.717, 1.165) is 31.5 Å². The van der Waals surface area contributed by atoms with Gasteiger partial charge in [0.25, 0.3) is 0 Å². The second-order valence-corrected chi connectivity index (χ2v) is 8.77. The Labute approximate surface area is 149 Å². The van der Waals surface area contributed by atoms with Gasteiger partial charge < -0.3 is 10.6 Å². The fourth-order valence-electron chi connectivity index (χ4n) is 2.98. The van der Waals surface area contributed by atoms with Gasteiger partial charge in [-0.2, -0.15) is 0 Å². The monoisotopic (exact) mass is 366 g/mol. The average molecular weight is 366 g/mol. The van der Waals surface area contributed by atoms with Crippen LogP contribution in [0, 0.1) is 6.92 Å². The van der Waals surface area contributed by atoms with E-state index in [9.17, 15) is 13.2 Å². The molecule has 3 N–H and O–H groups in total. The van der Waals surface area contributed by atoms with E-state index in [4.69, 9.17) is 5.73 Å². The van der Waals surface area contributed by atoms with Crippen molar-refractivity contribution in [1.29, 1.82) is 0 Å². The van der Waals surface area contributed by atoms with E-state index in [1.807, 2.05) is 11.8 Å². The lowest BCUT2D eigenvalue weighted by molar-refractivity contribution is -0.135. The van der Waals surface area contributed by atoms with E-state index in [1.165, 1.54) is 0 Å². The quantitative estimate of drug-likeness (QED) is 0.734. The number of nitrogens with two attached hydrogens (primary N) is 1. The van der Waals surface area contributed by atoms with E-state index < -0.39 is 15.6 Å². The molecule has 1 aromatic rings. The Morgan fingerprint density at radius 2 is 1.76 bits per heavy atom. The Bertz CT molecular complexity index is 721.